The molecule has 29 heavy (non-hydrogen) atoms. The van der Waals surface area contributed by atoms with Crippen molar-refractivity contribution in [3.05, 3.63) is 58.7 Å². The maximum atomic E-state index is 12.8. The topological polar surface area (TPSA) is 66.5 Å². The fourth-order valence-electron chi connectivity index (χ4n) is 3.42. The maximum absolute atomic E-state index is 12.8. The Morgan fingerprint density at radius 3 is 2.55 bits per heavy atom. The van der Waals surface area contributed by atoms with E-state index in [2.05, 4.69) is 5.32 Å². The zero-order chi connectivity index (χ0) is 21.1. The van der Waals surface area contributed by atoms with Gasteiger partial charge in [0.15, 0.2) is 0 Å². The lowest BCUT2D eigenvalue weighted by Crippen LogP contribution is -2.31. The lowest BCUT2D eigenvalue weighted by atomic mass is 10.1. The number of nitrogens with one attached hydrogen (secondary N) is 1. The largest absolute Gasteiger partial charge is 0.325 e. The summed E-state index contributed by atoms with van der Waals surface area (Å²) in [7, 11) is 0. The van der Waals surface area contributed by atoms with Crippen molar-refractivity contribution in [3.8, 4) is 0 Å². The molecule has 6 heteroatoms. The number of thioether (sulfide) groups is 1. The number of hydrogen-bond acceptors (Lipinski definition) is 4. The van der Waals surface area contributed by atoms with E-state index in [1.165, 1.54) is 16.7 Å². The highest BCUT2D eigenvalue weighted by Gasteiger charge is 2.40. The van der Waals surface area contributed by atoms with Crippen molar-refractivity contribution in [1.29, 1.82) is 0 Å². The van der Waals surface area contributed by atoms with Gasteiger partial charge in [0.25, 0.3) is 0 Å². The quantitative estimate of drug-likeness (QED) is 0.726. The van der Waals surface area contributed by atoms with Gasteiger partial charge in [0, 0.05) is 12.1 Å². The molecule has 0 radical (unpaired) electrons. The fourth-order valence-corrected chi connectivity index (χ4v) is 4.36. The first kappa shape index (κ1) is 21.1. The third-order valence-corrected chi connectivity index (χ3v) is 6.47. The zero-order valence-electron chi connectivity index (χ0n) is 17.2. The second-order valence-electron chi connectivity index (χ2n) is 7.35. The molecule has 1 unspecified atom stereocenters. The molecule has 1 saturated heterocycles. The van der Waals surface area contributed by atoms with Gasteiger partial charge in [-0.1, -0.05) is 31.2 Å². The number of imide groups is 1. The number of aryl methyl sites for hydroxylation is 4. The Kier molecular flexibility index (Phi) is 6.42. The van der Waals surface area contributed by atoms with E-state index in [1.54, 1.807) is 6.07 Å². The van der Waals surface area contributed by atoms with Crippen LogP contribution in [0.2, 0.25) is 0 Å². The molecule has 2 aromatic carbocycles. The predicted molar refractivity (Wildman–Crippen MR) is 118 cm³/mol. The Balaban J connectivity index is 1.64. The second kappa shape index (κ2) is 8.82. The van der Waals surface area contributed by atoms with E-state index in [0.29, 0.717) is 5.69 Å². The molecular weight excluding hydrogens is 384 g/mol. The van der Waals surface area contributed by atoms with Crippen LogP contribution in [0.1, 0.15) is 35.6 Å². The molecule has 1 N–H and O–H groups in total. The third kappa shape index (κ3) is 4.53. The molecule has 0 aromatic heterocycles. The molecule has 3 amide bonds. The minimum atomic E-state index is -0.530. The highest BCUT2D eigenvalue weighted by molar-refractivity contribution is 8.01. The maximum Gasteiger partial charge on any atom is 0.247 e. The van der Waals surface area contributed by atoms with E-state index in [9.17, 15) is 14.4 Å². The second-order valence-corrected chi connectivity index (χ2v) is 8.54. The van der Waals surface area contributed by atoms with Crippen molar-refractivity contribution in [3.63, 3.8) is 0 Å². The number of benzene rings is 2. The molecule has 1 heterocycles. The summed E-state index contributed by atoms with van der Waals surface area (Å²) in [6, 6.07) is 11.5. The molecule has 0 bridgehead atoms. The van der Waals surface area contributed by atoms with Crippen molar-refractivity contribution in [1.82, 2.24) is 0 Å². The number of carbonyl (C=O) groups is 3. The zero-order valence-corrected chi connectivity index (χ0v) is 18.1. The van der Waals surface area contributed by atoms with Crippen molar-refractivity contribution in [2.24, 2.45) is 0 Å². The van der Waals surface area contributed by atoms with Crippen LogP contribution >= 0.6 is 11.8 Å². The highest BCUT2D eigenvalue weighted by Crippen LogP contribution is 2.31. The van der Waals surface area contributed by atoms with Crippen LogP contribution in [0.15, 0.2) is 36.4 Å². The number of amides is 3. The smallest absolute Gasteiger partial charge is 0.247 e. The summed E-state index contributed by atoms with van der Waals surface area (Å²) in [6.45, 7) is 7.95. The summed E-state index contributed by atoms with van der Waals surface area (Å²) in [4.78, 5) is 39.0. The monoisotopic (exact) mass is 410 g/mol. The molecule has 1 aliphatic heterocycles. The highest BCUT2D eigenvalue weighted by atomic mass is 32.2. The van der Waals surface area contributed by atoms with Gasteiger partial charge in [0.2, 0.25) is 17.7 Å². The average molecular weight is 411 g/mol. The first-order valence-corrected chi connectivity index (χ1v) is 10.8. The van der Waals surface area contributed by atoms with Crippen molar-refractivity contribution in [2.75, 3.05) is 16.0 Å². The fraction of sp³-hybridized carbons (Fsp3) is 0.348. The summed E-state index contributed by atoms with van der Waals surface area (Å²) in [5.41, 5.74) is 5.67. The molecule has 1 fully saturated rings. The van der Waals surface area contributed by atoms with Gasteiger partial charge in [0.05, 0.1) is 16.7 Å². The van der Waals surface area contributed by atoms with Gasteiger partial charge in [0.1, 0.15) is 0 Å². The number of para-hydroxylation sites is 1. The number of anilines is 2. The third-order valence-electron chi connectivity index (χ3n) is 5.27. The summed E-state index contributed by atoms with van der Waals surface area (Å²) in [5.74, 6) is -0.504. The van der Waals surface area contributed by atoms with E-state index in [1.807, 2.05) is 58.0 Å². The Hall–Kier alpha value is -2.60. The van der Waals surface area contributed by atoms with Crippen LogP contribution in [0.5, 0.6) is 0 Å². The summed E-state index contributed by atoms with van der Waals surface area (Å²) >= 11 is 1.22. The lowest BCUT2D eigenvalue weighted by molar-refractivity contribution is -0.121. The number of rotatable bonds is 6. The van der Waals surface area contributed by atoms with Gasteiger partial charge < -0.3 is 5.32 Å². The van der Waals surface area contributed by atoms with Crippen LogP contribution in [0.25, 0.3) is 0 Å². The van der Waals surface area contributed by atoms with E-state index < -0.39 is 5.25 Å². The number of carbonyl (C=O) groups excluding carboxylic acids is 3. The molecule has 0 aliphatic carbocycles. The van der Waals surface area contributed by atoms with Gasteiger partial charge in [-0.2, -0.15) is 0 Å². The Morgan fingerprint density at radius 1 is 1.10 bits per heavy atom. The summed E-state index contributed by atoms with van der Waals surface area (Å²) in [6.07, 6.45) is 0.944. The van der Waals surface area contributed by atoms with Crippen LogP contribution in [0.4, 0.5) is 11.4 Å². The minimum Gasteiger partial charge on any atom is -0.325 e. The predicted octanol–water partition coefficient (Wildman–Crippen LogP) is 4.18. The molecule has 0 saturated carbocycles. The molecule has 3 rings (SSSR count). The average Bonchev–Trinajstić information content (AvgIpc) is 2.97. The molecule has 1 atom stereocenters. The van der Waals surface area contributed by atoms with Crippen molar-refractivity contribution < 1.29 is 14.4 Å². The summed E-state index contributed by atoms with van der Waals surface area (Å²) in [5, 5.41) is 2.44. The SMILES string of the molecule is CCc1cccc(C)c1NC(=O)CSC1CC(=O)N(c2ccc(C)c(C)c2)C1=O. The number of nitrogens with zero attached hydrogens (tertiary/aromatic N) is 1. The van der Waals surface area contributed by atoms with Crippen LogP contribution < -0.4 is 10.2 Å². The summed E-state index contributed by atoms with van der Waals surface area (Å²) < 4.78 is 0. The van der Waals surface area contributed by atoms with E-state index in [-0.39, 0.29) is 29.9 Å². The number of hydrogen-bond donors (Lipinski definition) is 1. The molecular formula is C23H26N2O3S. The van der Waals surface area contributed by atoms with Gasteiger partial charge in [-0.15, -0.1) is 11.8 Å². The van der Waals surface area contributed by atoms with Gasteiger partial charge >= 0.3 is 0 Å². The minimum absolute atomic E-state index is 0.119. The molecule has 152 valence electrons. The Labute approximate surface area is 175 Å². The Morgan fingerprint density at radius 2 is 1.86 bits per heavy atom. The van der Waals surface area contributed by atoms with Gasteiger partial charge in [-0.3, -0.25) is 14.4 Å². The van der Waals surface area contributed by atoms with Gasteiger partial charge in [-0.05, 0) is 61.6 Å². The van der Waals surface area contributed by atoms with Crippen LogP contribution in [0.3, 0.4) is 0 Å². The Bertz CT molecular complexity index is 971. The normalized spacial score (nSPS) is 16.4. The molecule has 0 spiro atoms. The molecule has 5 nitrogen and oxygen atoms in total. The van der Waals surface area contributed by atoms with E-state index in [0.717, 1.165) is 34.4 Å². The molecule has 1 aliphatic rings. The first-order valence-electron chi connectivity index (χ1n) is 9.75. The van der Waals surface area contributed by atoms with Gasteiger partial charge in [-0.25, -0.2) is 4.90 Å². The van der Waals surface area contributed by atoms with Crippen LogP contribution in [-0.4, -0.2) is 28.7 Å². The van der Waals surface area contributed by atoms with E-state index in [4.69, 9.17) is 0 Å². The standard InChI is InChI=1S/C23H26N2O3S/c1-5-17-8-6-7-15(3)22(17)24-20(26)13-29-19-12-21(27)25(23(19)28)18-10-9-14(2)16(4)11-18/h6-11,19H,5,12-13H2,1-4H3,(H,24,26). The lowest BCUT2D eigenvalue weighted by Gasteiger charge is -2.16. The first-order chi connectivity index (χ1) is 13.8. The molecule has 2 aromatic rings. The van der Waals surface area contributed by atoms with Crippen molar-refractivity contribution >= 4 is 40.9 Å². The van der Waals surface area contributed by atoms with Crippen LogP contribution in [-0.2, 0) is 20.8 Å². The van der Waals surface area contributed by atoms with Crippen LogP contribution in [0, 0.1) is 20.8 Å². The van der Waals surface area contributed by atoms with Crippen molar-refractivity contribution in [2.45, 2.75) is 45.8 Å². The van der Waals surface area contributed by atoms with E-state index >= 15 is 0 Å².